The summed E-state index contributed by atoms with van der Waals surface area (Å²) in [5, 5.41) is 9.70. The third-order valence-corrected chi connectivity index (χ3v) is 6.59. The van der Waals surface area contributed by atoms with E-state index in [0.717, 1.165) is 32.3 Å². The maximum atomic E-state index is 12.8. The lowest BCUT2D eigenvalue weighted by molar-refractivity contribution is -0.116. The van der Waals surface area contributed by atoms with Crippen LogP contribution in [0.1, 0.15) is 16.7 Å². The van der Waals surface area contributed by atoms with Crippen LogP contribution in [-0.4, -0.2) is 47.4 Å². The Morgan fingerprint density at radius 1 is 1.10 bits per heavy atom. The Kier molecular flexibility index (Phi) is 5.81. The van der Waals surface area contributed by atoms with Crippen molar-refractivity contribution in [3.8, 4) is 11.3 Å². The molecule has 0 radical (unpaired) electrons. The molecule has 2 heterocycles. The summed E-state index contributed by atoms with van der Waals surface area (Å²) < 4.78 is 26.5. The van der Waals surface area contributed by atoms with Crippen molar-refractivity contribution < 1.29 is 13.2 Å². The van der Waals surface area contributed by atoms with Gasteiger partial charge >= 0.3 is 0 Å². The normalized spacial score (nSPS) is 11.6. The Morgan fingerprint density at radius 2 is 1.79 bits per heavy atom. The van der Waals surface area contributed by atoms with Gasteiger partial charge in [-0.15, -0.1) is 0 Å². The van der Waals surface area contributed by atoms with E-state index < -0.39 is 15.9 Å². The van der Waals surface area contributed by atoms with E-state index in [1.54, 1.807) is 30.6 Å². The van der Waals surface area contributed by atoms with Gasteiger partial charge in [0.1, 0.15) is 0 Å². The molecule has 3 rings (SSSR count). The minimum atomic E-state index is -3.78. The number of carbonyl (C=O) groups excluding carboxylic acids is 1. The molecule has 0 atom stereocenters. The molecule has 0 unspecified atom stereocenters. The highest BCUT2D eigenvalue weighted by atomic mass is 32.2. The second kappa shape index (κ2) is 8.14. The van der Waals surface area contributed by atoms with Crippen molar-refractivity contribution in [1.82, 2.24) is 19.5 Å². The standard InChI is InChI=1S/C20H23N5O3S/c1-13-5-6-17(11-14(13)2)29(27,28)25(4)12-18(26)22-20-15(3)19(23-24-20)16-7-9-21-10-8-16/h5-11H,12H2,1-4H3,(H2,22,23,24,26). The Labute approximate surface area is 170 Å². The monoisotopic (exact) mass is 413 g/mol. The molecule has 0 saturated heterocycles. The molecule has 0 aliphatic carbocycles. The second-order valence-electron chi connectivity index (χ2n) is 6.86. The molecule has 0 saturated carbocycles. The lowest BCUT2D eigenvalue weighted by Crippen LogP contribution is -2.35. The van der Waals surface area contributed by atoms with Crippen molar-refractivity contribution in [2.75, 3.05) is 18.9 Å². The Hall–Kier alpha value is -3.04. The zero-order chi connectivity index (χ0) is 21.2. The minimum absolute atomic E-state index is 0.159. The lowest BCUT2D eigenvalue weighted by Gasteiger charge is -2.17. The first-order valence-corrected chi connectivity index (χ1v) is 10.4. The molecule has 152 valence electrons. The van der Waals surface area contributed by atoms with Crippen molar-refractivity contribution >= 4 is 21.7 Å². The Balaban J connectivity index is 1.72. The molecule has 1 amide bonds. The average molecular weight is 414 g/mol. The molecule has 0 fully saturated rings. The number of hydrogen-bond acceptors (Lipinski definition) is 5. The van der Waals surface area contributed by atoms with Crippen LogP contribution in [0.3, 0.4) is 0 Å². The van der Waals surface area contributed by atoms with Crippen LogP contribution >= 0.6 is 0 Å². The molecule has 3 aromatic rings. The molecule has 1 aromatic carbocycles. The molecule has 2 aromatic heterocycles. The smallest absolute Gasteiger partial charge is 0.243 e. The highest BCUT2D eigenvalue weighted by Crippen LogP contribution is 2.25. The average Bonchev–Trinajstić information content (AvgIpc) is 3.04. The predicted octanol–water partition coefficient (Wildman–Crippen LogP) is 2.66. The number of nitrogens with one attached hydrogen (secondary N) is 2. The zero-order valence-corrected chi connectivity index (χ0v) is 17.5. The van der Waals surface area contributed by atoms with E-state index in [2.05, 4.69) is 20.5 Å². The summed E-state index contributed by atoms with van der Waals surface area (Å²) in [6.07, 6.45) is 3.33. The number of aromatic amines is 1. The first kappa shape index (κ1) is 20.7. The number of sulfonamides is 1. The van der Waals surface area contributed by atoms with Crippen LogP contribution in [0.25, 0.3) is 11.3 Å². The fraction of sp³-hybridized carbons (Fsp3) is 0.250. The lowest BCUT2D eigenvalue weighted by atomic mass is 10.1. The number of anilines is 1. The fourth-order valence-corrected chi connectivity index (χ4v) is 4.05. The van der Waals surface area contributed by atoms with Gasteiger partial charge in [-0.25, -0.2) is 8.42 Å². The van der Waals surface area contributed by atoms with Crippen LogP contribution in [0.5, 0.6) is 0 Å². The summed E-state index contributed by atoms with van der Waals surface area (Å²) in [4.78, 5) is 16.6. The van der Waals surface area contributed by atoms with Gasteiger partial charge in [-0.1, -0.05) is 6.07 Å². The van der Waals surface area contributed by atoms with E-state index in [4.69, 9.17) is 0 Å². The van der Waals surface area contributed by atoms with Crippen LogP contribution < -0.4 is 5.32 Å². The fourth-order valence-electron chi connectivity index (χ4n) is 2.83. The molecule has 0 aliphatic rings. The van der Waals surface area contributed by atoms with Gasteiger partial charge in [0.05, 0.1) is 17.1 Å². The molecule has 29 heavy (non-hydrogen) atoms. The summed E-state index contributed by atoms with van der Waals surface area (Å²) in [6.45, 7) is 5.26. The van der Waals surface area contributed by atoms with Crippen LogP contribution in [0.15, 0.2) is 47.6 Å². The number of likely N-dealkylation sites (N-methyl/N-ethyl adjacent to an activating group) is 1. The van der Waals surface area contributed by atoms with E-state index in [-0.39, 0.29) is 11.4 Å². The van der Waals surface area contributed by atoms with Gasteiger partial charge in [0.2, 0.25) is 15.9 Å². The van der Waals surface area contributed by atoms with Gasteiger partial charge in [0.15, 0.2) is 5.82 Å². The van der Waals surface area contributed by atoms with Crippen molar-refractivity contribution in [2.24, 2.45) is 0 Å². The number of aryl methyl sites for hydroxylation is 2. The number of amides is 1. The first-order chi connectivity index (χ1) is 13.7. The number of benzene rings is 1. The summed E-state index contributed by atoms with van der Waals surface area (Å²) in [6, 6.07) is 8.57. The predicted molar refractivity (Wildman–Crippen MR) is 111 cm³/mol. The summed E-state index contributed by atoms with van der Waals surface area (Å²) in [5.74, 6) is -0.116. The SMILES string of the molecule is Cc1ccc(S(=O)(=O)N(C)CC(=O)Nc2n[nH]c(-c3ccncc3)c2C)cc1C. The molecule has 9 heteroatoms. The number of nitrogens with zero attached hydrogens (tertiary/aromatic N) is 3. The van der Waals surface area contributed by atoms with E-state index in [1.807, 2.05) is 32.9 Å². The van der Waals surface area contributed by atoms with Crippen LogP contribution in [-0.2, 0) is 14.8 Å². The second-order valence-corrected chi connectivity index (χ2v) is 8.91. The zero-order valence-electron chi connectivity index (χ0n) is 16.7. The first-order valence-electron chi connectivity index (χ1n) is 8.99. The van der Waals surface area contributed by atoms with E-state index in [1.165, 1.54) is 7.05 Å². The highest BCUT2D eigenvalue weighted by Gasteiger charge is 2.24. The largest absolute Gasteiger partial charge is 0.308 e. The van der Waals surface area contributed by atoms with Gasteiger partial charge in [-0.3, -0.25) is 14.9 Å². The number of rotatable bonds is 6. The molecular weight excluding hydrogens is 390 g/mol. The molecule has 0 aliphatic heterocycles. The summed E-state index contributed by atoms with van der Waals surface area (Å²) in [5.41, 5.74) is 4.28. The van der Waals surface area contributed by atoms with Gasteiger partial charge in [-0.2, -0.15) is 9.40 Å². The number of H-pyrrole nitrogens is 1. The molecular formula is C20H23N5O3S. The van der Waals surface area contributed by atoms with Gasteiger partial charge in [-0.05, 0) is 56.2 Å². The number of aromatic nitrogens is 3. The molecule has 0 spiro atoms. The maximum Gasteiger partial charge on any atom is 0.243 e. The van der Waals surface area contributed by atoms with Gasteiger partial charge in [0.25, 0.3) is 0 Å². The van der Waals surface area contributed by atoms with Crippen molar-refractivity contribution in [1.29, 1.82) is 0 Å². The van der Waals surface area contributed by atoms with Crippen molar-refractivity contribution in [2.45, 2.75) is 25.7 Å². The molecule has 8 nitrogen and oxygen atoms in total. The van der Waals surface area contributed by atoms with Crippen molar-refractivity contribution in [3.63, 3.8) is 0 Å². The van der Waals surface area contributed by atoms with E-state index in [0.29, 0.717) is 5.82 Å². The van der Waals surface area contributed by atoms with E-state index in [9.17, 15) is 13.2 Å². The molecule has 2 N–H and O–H groups in total. The van der Waals surface area contributed by atoms with Crippen LogP contribution in [0.2, 0.25) is 0 Å². The quantitative estimate of drug-likeness (QED) is 0.646. The number of pyridine rings is 1. The Bertz CT molecular complexity index is 1140. The third-order valence-electron chi connectivity index (χ3n) is 4.79. The van der Waals surface area contributed by atoms with E-state index >= 15 is 0 Å². The summed E-state index contributed by atoms with van der Waals surface area (Å²) in [7, 11) is -2.40. The number of carbonyl (C=O) groups is 1. The number of hydrogen-bond donors (Lipinski definition) is 2. The minimum Gasteiger partial charge on any atom is -0.308 e. The Morgan fingerprint density at radius 3 is 2.45 bits per heavy atom. The van der Waals surface area contributed by atoms with Crippen molar-refractivity contribution in [3.05, 3.63) is 59.4 Å². The van der Waals surface area contributed by atoms with Gasteiger partial charge < -0.3 is 5.32 Å². The topological polar surface area (TPSA) is 108 Å². The van der Waals surface area contributed by atoms with Crippen LogP contribution in [0, 0.1) is 20.8 Å². The highest BCUT2D eigenvalue weighted by molar-refractivity contribution is 7.89. The summed E-state index contributed by atoms with van der Waals surface area (Å²) >= 11 is 0. The maximum absolute atomic E-state index is 12.8. The molecule has 0 bridgehead atoms. The third kappa shape index (κ3) is 4.36. The van der Waals surface area contributed by atoms with Gasteiger partial charge in [0, 0.05) is 30.6 Å². The van der Waals surface area contributed by atoms with Crippen LogP contribution in [0.4, 0.5) is 5.82 Å².